The second kappa shape index (κ2) is 6.17. The molecule has 1 aliphatic heterocycles. The summed E-state index contributed by atoms with van der Waals surface area (Å²) in [5, 5.41) is 7.97. The van der Waals surface area contributed by atoms with Gasteiger partial charge in [0.1, 0.15) is 10.9 Å². The molecular formula is C18H16ClN5O3. The van der Waals surface area contributed by atoms with Crippen molar-refractivity contribution < 1.29 is 14.3 Å². The smallest absolute Gasteiger partial charge is 0.250 e. The number of fused-ring (bicyclic) bond motifs is 2. The summed E-state index contributed by atoms with van der Waals surface area (Å²) >= 11 is 6.48. The first-order valence-corrected chi connectivity index (χ1v) is 8.44. The number of primary amides is 1. The molecule has 1 aliphatic rings. The molecule has 1 aromatic carbocycles. The van der Waals surface area contributed by atoms with Crippen molar-refractivity contribution in [1.82, 2.24) is 15.2 Å². The van der Waals surface area contributed by atoms with Crippen LogP contribution in [0.15, 0.2) is 35.7 Å². The standard InChI is InChI=1S/C18H16ClN5O3/c1-7-12-13(14(16(20)25)17(21)27-18(12)24-23-7)10-6-8-5-9(26-2)3-4-11(8)22-15(10)19/h3-6,13H,21H2,1-2H3,(H2,20,25)(H,23,24). The maximum absolute atomic E-state index is 12.2. The van der Waals surface area contributed by atoms with E-state index in [0.29, 0.717) is 28.1 Å². The first kappa shape index (κ1) is 17.2. The highest BCUT2D eigenvalue weighted by Crippen LogP contribution is 2.45. The number of benzene rings is 1. The Morgan fingerprint density at radius 1 is 1.37 bits per heavy atom. The van der Waals surface area contributed by atoms with Crippen LogP contribution in [0.3, 0.4) is 0 Å². The molecule has 1 amide bonds. The molecule has 0 radical (unpaired) electrons. The van der Waals surface area contributed by atoms with Crippen molar-refractivity contribution in [2.75, 3.05) is 7.11 Å². The SMILES string of the molecule is COc1ccc2nc(Cl)c(C3C(C(N)=O)=C(N)Oc4n[nH]c(C)c43)cc2c1. The summed E-state index contributed by atoms with van der Waals surface area (Å²) in [7, 11) is 1.58. The normalized spacial score (nSPS) is 16.2. The van der Waals surface area contributed by atoms with Crippen molar-refractivity contribution in [3.8, 4) is 11.6 Å². The topological polar surface area (TPSA) is 129 Å². The number of H-pyrrole nitrogens is 1. The van der Waals surface area contributed by atoms with E-state index in [1.165, 1.54) is 0 Å². The van der Waals surface area contributed by atoms with Gasteiger partial charge in [-0.25, -0.2) is 4.98 Å². The predicted octanol–water partition coefficient (Wildman–Crippen LogP) is 2.11. The van der Waals surface area contributed by atoms with Crippen LogP contribution >= 0.6 is 11.6 Å². The minimum atomic E-state index is -0.703. The minimum Gasteiger partial charge on any atom is -0.497 e. The van der Waals surface area contributed by atoms with Crippen molar-refractivity contribution in [3.05, 3.63) is 57.7 Å². The summed E-state index contributed by atoms with van der Waals surface area (Å²) in [6, 6.07) is 7.28. The Kier molecular flexibility index (Phi) is 3.92. The molecule has 0 bridgehead atoms. The van der Waals surface area contributed by atoms with Gasteiger partial charge < -0.3 is 20.9 Å². The number of ether oxygens (including phenoxy) is 2. The summed E-state index contributed by atoms with van der Waals surface area (Å²) < 4.78 is 10.8. The van der Waals surface area contributed by atoms with Gasteiger partial charge in [0.05, 0.1) is 24.1 Å². The van der Waals surface area contributed by atoms with Crippen LogP contribution in [0.4, 0.5) is 0 Å². The van der Waals surface area contributed by atoms with Crippen LogP contribution in [0.5, 0.6) is 11.6 Å². The number of hydrogen-bond acceptors (Lipinski definition) is 6. The monoisotopic (exact) mass is 385 g/mol. The van der Waals surface area contributed by atoms with E-state index in [9.17, 15) is 4.79 Å². The van der Waals surface area contributed by atoms with Gasteiger partial charge in [0.2, 0.25) is 11.8 Å². The largest absolute Gasteiger partial charge is 0.497 e. The number of aromatic amines is 1. The average molecular weight is 386 g/mol. The van der Waals surface area contributed by atoms with Gasteiger partial charge in [-0.2, -0.15) is 0 Å². The van der Waals surface area contributed by atoms with E-state index >= 15 is 0 Å². The number of methoxy groups -OCH3 is 1. The first-order chi connectivity index (χ1) is 12.9. The molecule has 0 spiro atoms. The summed E-state index contributed by atoms with van der Waals surface area (Å²) in [5.74, 6) is -0.504. The molecule has 0 saturated carbocycles. The third-order valence-electron chi connectivity index (χ3n) is 4.59. The number of hydrogen-bond donors (Lipinski definition) is 3. The fraction of sp³-hybridized carbons (Fsp3) is 0.167. The summed E-state index contributed by atoms with van der Waals surface area (Å²) in [6.45, 7) is 1.81. The van der Waals surface area contributed by atoms with Gasteiger partial charge >= 0.3 is 0 Å². The summed E-state index contributed by atoms with van der Waals surface area (Å²) in [6.07, 6.45) is 0. The highest BCUT2D eigenvalue weighted by molar-refractivity contribution is 6.30. The number of aryl methyl sites for hydroxylation is 1. The van der Waals surface area contributed by atoms with E-state index in [1.807, 2.05) is 25.1 Å². The van der Waals surface area contributed by atoms with Crippen LogP contribution in [0.25, 0.3) is 10.9 Å². The number of amides is 1. The number of nitrogens with two attached hydrogens (primary N) is 2. The Bertz CT molecular complexity index is 1120. The summed E-state index contributed by atoms with van der Waals surface area (Å²) in [5.41, 5.74) is 14.3. The van der Waals surface area contributed by atoms with Crippen LogP contribution < -0.4 is 20.9 Å². The Hall–Kier alpha value is -3.26. The number of nitrogens with one attached hydrogen (secondary N) is 1. The van der Waals surface area contributed by atoms with Crippen LogP contribution in [0.2, 0.25) is 5.15 Å². The number of aromatic nitrogens is 3. The van der Waals surface area contributed by atoms with Crippen LogP contribution in [0, 0.1) is 6.92 Å². The van der Waals surface area contributed by atoms with Crippen LogP contribution in [0.1, 0.15) is 22.7 Å². The van der Waals surface area contributed by atoms with Crippen molar-refractivity contribution in [3.63, 3.8) is 0 Å². The Morgan fingerprint density at radius 2 is 2.15 bits per heavy atom. The lowest BCUT2D eigenvalue weighted by atomic mass is 9.83. The third kappa shape index (κ3) is 2.65. The highest BCUT2D eigenvalue weighted by atomic mass is 35.5. The van der Waals surface area contributed by atoms with Gasteiger partial charge in [-0.05, 0) is 31.2 Å². The van der Waals surface area contributed by atoms with Crippen molar-refractivity contribution in [2.45, 2.75) is 12.8 Å². The number of rotatable bonds is 3. The number of nitrogens with zero attached hydrogens (tertiary/aromatic N) is 2. The molecule has 5 N–H and O–H groups in total. The number of carbonyl (C=O) groups excluding carboxylic acids is 1. The zero-order chi connectivity index (χ0) is 19.3. The Labute approximate surface area is 159 Å². The zero-order valence-corrected chi connectivity index (χ0v) is 15.3. The van der Waals surface area contributed by atoms with Crippen LogP contribution in [-0.4, -0.2) is 28.2 Å². The molecule has 1 atom stereocenters. The maximum atomic E-state index is 12.2. The first-order valence-electron chi connectivity index (χ1n) is 8.07. The number of pyridine rings is 1. The molecule has 3 aromatic rings. The van der Waals surface area contributed by atoms with E-state index in [-0.39, 0.29) is 22.5 Å². The second-order valence-corrected chi connectivity index (χ2v) is 6.53. The molecule has 0 aliphatic carbocycles. The lowest BCUT2D eigenvalue weighted by molar-refractivity contribution is -0.115. The lowest BCUT2D eigenvalue weighted by Crippen LogP contribution is -2.30. The van der Waals surface area contributed by atoms with Gasteiger partial charge in [0.15, 0.2) is 0 Å². The highest BCUT2D eigenvalue weighted by Gasteiger charge is 2.38. The Balaban J connectivity index is 2.01. The van der Waals surface area contributed by atoms with E-state index in [0.717, 1.165) is 5.39 Å². The number of halogens is 1. The fourth-order valence-corrected chi connectivity index (χ4v) is 3.59. The van der Waals surface area contributed by atoms with Gasteiger partial charge in [-0.15, -0.1) is 5.10 Å². The molecule has 1 unspecified atom stereocenters. The lowest BCUT2D eigenvalue weighted by Gasteiger charge is -2.26. The van der Waals surface area contributed by atoms with Gasteiger partial charge in [0, 0.05) is 22.2 Å². The van der Waals surface area contributed by atoms with Crippen molar-refractivity contribution >= 4 is 28.4 Å². The van der Waals surface area contributed by atoms with Crippen molar-refractivity contribution in [1.29, 1.82) is 0 Å². The quantitative estimate of drug-likeness (QED) is 0.592. The predicted molar refractivity (Wildman–Crippen MR) is 99.5 cm³/mol. The van der Waals surface area contributed by atoms with Crippen molar-refractivity contribution in [2.24, 2.45) is 11.5 Å². The van der Waals surface area contributed by atoms with Gasteiger partial charge in [-0.1, -0.05) is 11.6 Å². The molecule has 0 saturated heterocycles. The molecule has 2 aromatic heterocycles. The zero-order valence-electron chi connectivity index (χ0n) is 14.5. The number of carbonyl (C=O) groups is 1. The molecular weight excluding hydrogens is 370 g/mol. The molecule has 9 heteroatoms. The minimum absolute atomic E-state index is 0.103. The van der Waals surface area contributed by atoms with E-state index in [2.05, 4.69) is 15.2 Å². The van der Waals surface area contributed by atoms with Crippen LogP contribution in [-0.2, 0) is 4.79 Å². The molecule has 138 valence electrons. The summed E-state index contributed by atoms with van der Waals surface area (Å²) in [4.78, 5) is 16.6. The van der Waals surface area contributed by atoms with E-state index < -0.39 is 11.8 Å². The Morgan fingerprint density at radius 3 is 2.85 bits per heavy atom. The third-order valence-corrected chi connectivity index (χ3v) is 4.89. The maximum Gasteiger partial charge on any atom is 0.250 e. The van der Waals surface area contributed by atoms with E-state index in [4.69, 9.17) is 32.5 Å². The molecule has 0 fully saturated rings. The van der Waals surface area contributed by atoms with E-state index in [1.54, 1.807) is 13.2 Å². The fourth-order valence-electron chi connectivity index (χ4n) is 3.33. The molecule has 3 heterocycles. The molecule has 4 rings (SSSR count). The molecule has 8 nitrogen and oxygen atoms in total. The second-order valence-electron chi connectivity index (χ2n) is 6.17. The van der Waals surface area contributed by atoms with Gasteiger partial charge in [-0.3, -0.25) is 9.89 Å². The molecule has 27 heavy (non-hydrogen) atoms. The van der Waals surface area contributed by atoms with Gasteiger partial charge in [0.25, 0.3) is 5.91 Å². The average Bonchev–Trinajstić information content (AvgIpc) is 3.00.